The molecule has 0 saturated carbocycles. The van der Waals surface area contributed by atoms with Crippen LogP contribution in [0.3, 0.4) is 0 Å². The van der Waals surface area contributed by atoms with Crippen molar-refractivity contribution in [3.8, 4) is 11.8 Å². The van der Waals surface area contributed by atoms with Gasteiger partial charge in [-0.2, -0.15) is 5.26 Å². The lowest BCUT2D eigenvalue weighted by molar-refractivity contribution is 0.343. The minimum atomic E-state index is -0.179. The maximum absolute atomic E-state index is 11.5. The van der Waals surface area contributed by atoms with Crippen LogP contribution in [0.25, 0.3) is 0 Å². The van der Waals surface area contributed by atoms with Gasteiger partial charge in [0, 0.05) is 12.3 Å². The largest absolute Gasteiger partial charge is 0.493 e. The monoisotopic (exact) mass is 304 g/mol. The summed E-state index contributed by atoms with van der Waals surface area (Å²) in [5.74, 6) is 1.34. The molecule has 2 aromatic rings. The fraction of sp³-hybridized carbons (Fsp3) is 0.357. The van der Waals surface area contributed by atoms with Crippen LogP contribution in [-0.4, -0.2) is 27.1 Å². The van der Waals surface area contributed by atoms with Crippen molar-refractivity contribution in [2.75, 3.05) is 12.4 Å². The van der Waals surface area contributed by atoms with Gasteiger partial charge >= 0.3 is 5.69 Å². The molecule has 0 saturated heterocycles. The average Bonchev–Trinajstić information content (AvgIpc) is 2.85. The summed E-state index contributed by atoms with van der Waals surface area (Å²) in [5.41, 5.74) is 0.395. The van der Waals surface area contributed by atoms with Crippen molar-refractivity contribution in [3.63, 3.8) is 0 Å². The second-order valence-electron chi connectivity index (χ2n) is 4.30. The van der Waals surface area contributed by atoms with Gasteiger partial charge in [0.1, 0.15) is 5.75 Å². The van der Waals surface area contributed by atoms with Crippen molar-refractivity contribution in [1.82, 2.24) is 14.8 Å². The topological polar surface area (TPSA) is 83.7 Å². The minimum Gasteiger partial charge on any atom is -0.493 e. The summed E-state index contributed by atoms with van der Waals surface area (Å²) >= 11 is 1.47. The lowest BCUT2D eigenvalue weighted by Gasteiger charge is -2.06. The highest BCUT2D eigenvalue weighted by Gasteiger charge is 2.07. The molecule has 0 aliphatic rings. The highest BCUT2D eigenvalue weighted by Crippen LogP contribution is 2.16. The number of H-pyrrole nitrogens is 1. The molecule has 0 aliphatic heterocycles. The Hall–Kier alpha value is -2.20. The fourth-order valence-electron chi connectivity index (χ4n) is 1.78. The van der Waals surface area contributed by atoms with Crippen LogP contribution in [0.15, 0.2) is 34.2 Å². The molecular formula is C14H16N4O2S. The van der Waals surface area contributed by atoms with Crippen LogP contribution in [0.1, 0.15) is 18.9 Å². The molecule has 7 heteroatoms. The van der Waals surface area contributed by atoms with Gasteiger partial charge in [0.2, 0.25) is 0 Å². The van der Waals surface area contributed by atoms with Crippen LogP contribution >= 0.6 is 11.8 Å². The van der Waals surface area contributed by atoms with E-state index in [0.29, 0.717) is 35.4 Å². The molecule has 1 aromatic heterocycles. The molecular weight excluding hydrogens is 288 g/mol. The van der Waals surface area contributed by atoms with E-state index in [0.717, 1.165) is 6.42 Å². The van der Waals surface area contributed by atoms with Crippen LogP contribution in [0, 0.1) is 11.3 Å². The van der Waals surface area contributed by atoms with Gasteiger partial charge in [-0.25, -0.2) is 9.89 Å². The first-order chi connectivity index (χ1) is 10.2. The number of nitriles is 1. The third-order valence-electron chi connectivity index (χ3n) is 2.72. The second-order valence-corrected chi connectivity index (χ2v) is 5.36. The lowest BCUT2D eigenvalue weighted by atomic mass is 10.2. The van der Waals surface area contributed by atoms with E-state index in [1.807, 2.05) is 13.0 Å². The maximum Gasteiger partial charge on any atom is 0.343 e. The van der Waals surface area contributed by atoms with E-state index in [4.69, 9.17) is 10.00 Å². The predicted molar refractivity (Wildman–Crippen MR) is 80.5 cm³/mol. The summed E-state index contributed by atoms with van der Waals surface area (Å²) in [7, 11) is 0. The molecule has 0 spiro atoms. The van der Waals surface area contributed by atoms with E-state index >= 15 is 0 Å². The highest BCUT2D eigenvalue weighted by atomic mass is 32.2. The first-order valence-corrected chi connectivity index (χ1v) is 7.64. The number of rotatable bonds is 7. The fourth-order valence-corrected chi connectivity index (χ4v) is 2.57. The van der Waals surface area contributed by atoms with Gasteiger partial charge in [0.15, 0.2) is 5.16 Å². The number of hydrogen-bond donors (Lipinski definition) is 1. The van der Waals surface area contributed by atoms with E-state index in [9.17, 15) is 4.79 Å². The molecule has 0 radical (unpaired) electrons. The Labute approximate surface area is 126 Å². The molecule has 1 heterocycles. The number of nitrogens with zero attached hydrogens (tertiary/aromatic N) is 3. The second kappa shape index (κ2) is 7.55. The first-order valence-electron chi connectivity index (χ1n) is 6.65. The highest BCUT2D eigenvalue weighted by molar-refractivity contribution is 7.99. The van der Waals surface area contributed by atoms with Crippen LogP contribution in [0.4, 0.5) is 0 Å². The molecule has 1 aromatic carbocycles. The van der Waals surface area contributed by atoms with Gasteiger partial charge in [0.25, 0.3) is 0 Å². The van der Waals surface area contributed by atoms with E-state index in [1.54, 1.807) is 22.8 Å². The molecule has 0 amide bonds. The number of thioether (sulfide) groups is 1. The molecule has 0 aliphatic carbocycles. The van der Waals surface area contributed by atoms with Crippen LogP contribution in [-0.2, 0) is 6.54 Å². The van der Waals surface area contributed by atoms with E-state index in [-0.39, 0.29) is 5.69 Å². The Morgan fingerprint density at radius 1 is 1.52 bits per heavy atom. The van der Waals surface area contributed by atoms with Gasteiger partial charge in [-0.15, -0.1) is 5.10 Å². The lowest BCUT2D eigenvalue weighted by Crippen LogP contribution is -2.17. The Bertz CT molecular complexity index is 687. The molecule has 2 rings (SSSR count). The molecule has 110 valence electrons. The molecule has 21 heavy (non-hydrogen) atoms. The zero-order chi connectivity index (χ0) is 15.1. The van der Waals surface area contributed by atoms with Gasteiger partial charge < -0.3 is 4.74 Å². The molecule has 0 bridgehead atoms. The smallest absolute Gasteiger partial charge is 0.343 e. The van der Waals surface area contributed by atoms with Gasteiger partial charge in [-0.1, -0.05) is 24.8 Å². The summed E-state index contributed by atoms with van der Waals surface area (Å²) in [6.45, 7) is 3.15. The van der Waals surface area contributed by atoms with Crippen molar-refractivity contribution in [3.05, 3.63) is 40.3 Å². The number of nitrogens with one attached hydrogen (secondary N) is 1. The summed E-state index contributed by atoms with van der Waals surface area (Å²) in [6, 6.07) is 9.10. The Kier molecular flexibility index (Phi) is 5.46. The summed E-state index contributed by atoms with van der Waals surface area (Å²) in [5, 5.41) is 15.9. The summed E-state index contributed by atoms with van der Waals surface area (Å²) in [4.78, 5) is 11.5. The van der Waals surface area contributed by atoms with Crippen molar-refractivity contribution in [2.24, 2.45) is 0 Å². The quantitative estimate of drug-likeness (QED) is 0.625. The zero-order valence-corrected chi connectivity index (χ0v) is 12.5. The third-order valence-corrected chi connectivity index (χ3v) is 3.66. The number of benzene rings is 1. The van der Waals surface area contributed by atoms with Crippen LogP contribution < -0.4 is 10.4 Å². The number of hydrogen-bond acceptors (Lipinski definition) is 5. The van der Waals surface area contributed by atoms with Gasteiger partial charge in [0.05, 0.1) is 18.2 Å². The molecule has 0 fully saturated rings. The maximum atomic E-state index is 11.5. The van der Waals surface area contributed by atoms with Crippen molar-refractivity contribution in [2.45, 2.75) is 25.0 Å². The van der Waals surface area contributed by atoms with Gasteiger partial charge in [-0.05, 0) is 24.6 Å². The number of aromatic amines is 1. The predicted octanol–water partition coefficient (Wildman–Crippen LogP) is 2.02. The molecule has 0 unspecified atom stereocenters. The van der Waals surface area contributed by atoms with E-state index in [2.05, 4.69) is 16.3 Å². The average molecular weight is 304 g/mol. The Morgan fingerprint density at radius 3 is 3.14 bits per heavy atom. The van der Waals surface area contributed by atoms with E-state index < -0.39 is 0 Å². The number of ether oxygens (including phenoxy) is 1. The van der Waals surface area contributed by atoms with E-state index in [1.165, 1.54) is 11.8 Å². The first kappa shape index (κ1) is 15.2. The van der Waals surface area contributed by atoms with Crippen molar-refractivity contribution < 1.29 is 4.74 Å². The zero-order valence-electron chi connectivity index (χ0n) is 11.7. The minimum absolute atomic E-state index is 0.179. The van der Waals surface area contributed by atoms with Gasteiger partial charge in [-0.3, -0.25) is 4.57 Å². The van der Waals surface area contributed by atoms with Crippen LogP contribution in [0.2, 0.25) is 0 Å². The molecule has 0 atom stereocenters. The van der Waals surface area contributed by atoms with Crippen LogP contribution in [0.5, 0.6) is 5.75 Å². The Balaban J connectivity index is 1.85. The molecule has 1 N–H and O–H groups in total. The SMILES string of the molecule is CCCn1c(SCCOc2cccc(C#N)c2)n[nH]c1=O. The van der Waals surface area contributed by atoms with Crippen molar-refractivity contribution in [1.29, 1.82) is 5.26 Å². The summed E-state index contributed by atoms with van der Waals surface area (Å²) < 4.78 is 7.21. The normalized spacial score (nSPS) is 10.3. The number of aromatic nitrogens is 3. The third kappa shape index (κ3) is 4.13. The Morgan fingerprint density at radius 2 is 2.38 bits per heavy atom. The summed E-state index contributed by atoms with van der Waals surface area (Å²) in [6.07, 6.45) is 0.879. The van der Waals surface area contributed by atoms with Crippen molar-refractivity contribution >= 4 is 11.8 Å². The molecule has 6 nitrogen and oxygen atoms in total. The standard InChI is InChI=1S/C14H16N4O2S/c1-2-6-18-13(19)16-17-14(18)21-8-7-20-12-5-3-4-11(9-12)10-15/h3-5,9H,2,6-8H2,1H3,(H,16,19).